The number of carboxylic acid groups (broad SMARTS) is 1. The average Bonchev–Trinajstić information content (AvgIpc) is 2.93. The zero-order chi connectivity index (χ0) is 17.9. The van der Waals surface area contributed by atoms with Gasteiger partial charge in [0, 0.05) is 18.3 Å². The normalized spacial score (nSPS) is 12.5. The summed E-state index contributed by atoms with van der Waals surface area (Å²) in [4.78, 5) is 28.2. The van der Waals surface area contributed by atoms with Crippen molar-refractivity contribution >= 4 is 22.9 Å². The number of pyridine rings is 1. The SMILES string of the molecule is CCCC(CNC(=O)c1cc(C)nc2c1cnn2C(C)C)C(=O)O. The van der Waals surface area contributed by atoms with Crippen molar-refractivity contribution in [3.63, 3.8) is 0 Å². The van der Waals surface area contributed by atoms with E-state index in [-0.39, 0.29) is 18.5 Å². The summed E-state index contributed by atoms with van der Waals surface area (Å²) in [5.74, 6) is -1.76. The monoisotopic (exact) mass is 332 g/mol. The molecule has 0 aliphatic heterocycles. The van der Waals surface area contributed by atoms with Gasteiger partial charge in [-0.15, -0.1) is 0 Å². The van der Waals surface area contributed by atoms with Crippen LogP contribution in [0.1, 0.15) is 55.7 Å². The van der Waals surface area contributed by atoms with Crippen LogP contribution in [0.5, 0.6) is 0 Å². The van der Waals surface area contributed by atoms with Crippen LogP contribution in [0.2, 0.25) is 0 Å². The van der Waals surface area contributed by atoms with Crippen molar-refractivity contribution in [3.05, 3.63) is 23.5 Å². The smallest absolute Gasteiger partial charge is 0.308 e. The van der Waals surface area contributed by atoms with Gasteiger partial charge in [0.2, 0.25) is 0 Å². The molecule has 0 spiro atoms. The van der Waals surface area contributed by atoms with Crippen LogP contribution in [0.25, 0.3) is 11.0 Å². The number of amides is 1. The number of rotatable bonds is 7. The number of aryl methyl sites for hydroxylation is 1. The fourth-order valence-corrected chi connectivity index (χ4v) is 2.68. The molecule has 2 N–H and O–H groups in total. The number of fused-ring (bicyclic) bond motifs is 1. The van der Waals surface area contributed by atoms with Crippen LogP contribution in [0, 0.1) is 12.8 Å². The quantitative estimate of drug-likeness (QED) is 0.812. The Balaban J connectivity index is 2.28. The molecular weight excluding hydrogens is 308 g/mol. The lowest BCUT2D eigenvalue weighted by Crippen LogP contribution is -2.33. The number of nitrogens with zero attached hydrogens (tertiary/aromatic N) is 3. The number of carboxylic acids is 1. The summed E-state index contributed by atoms with van der Waals surface area (Å²) in [6.45, 7) is 7.86. The standard InChI is InChI=1S/C17H24N4O3/c1-5-6-12(17(23)24)8-18-16(22)13-7-11(4)20-15-14(13)9-19-21(15)10(2)3/h7,9-10,12H,5-6,8H2,1-4H3,(H,18,22)(H,23,24). The maximum absolute atomic E-state index is 12.6. The van der Waals surface area contributed by atoms with Crippen LogP contribution in [0.3, 0.4) is 0 Å². The molecule has 0 bridgehead atoms. The molecule has 0 saturated carbocycles. The molecule has 0 fully saturated rings. The van der Waals surface area contributed by atoms with Crippen LogP contribution < -0.4 is 5.32 Å². The van der Waals surface area contributed by atoms with Gasteiger partial charge >= 0.3 is 5.97 Å². The molecular formula is C17H24N4O3. The Kier molecular flexibility index (Phi) is 5.54. The summed E-state index contributed by atoms with van der Waals surface area (Å²) in [7, 11) is 0. The van der Waals surface area contributed by atoms with Gasteiger partial charge in [0.15, 0.2) is 5.65 Å². The first-order valence-electron chi connectivity index (χ1n) is 8.21. The van der Waals surface area contributed by atoms with E-state index in [1.807, 2.05) is 27.7 Å². The number of aromatic nitrogens is 3. The van der Waals surface area contributed by atoms with Crippen LogP contribution in [-0.4, -0.2) is 38.3 Å². The average molecular weight is 332 g/mol. The molecule has 2 heterocycles. The van der Waals surface area contributed by atoms with Gasteiger partial charge in [-0.2, -0.15) is 5.10 Å². The van der Waals surface area contributed by atoms with E-state index in [0.717, 1.165) is 12.1 Å². The number of carbonyl (C=O) groups excluding carboxylic acids is 1. The topological polar surface area (TPSA) is 97.1 Å². The Morgan fingerprint density at radius 3 is 2.67 bits per heavy atom. The third-order valence-electron chi connectivity index (χ3n) is 3.92. The number of nitrogens with one attached hydrogen (secondary N) is 1. The summed E-state index contributed by atoms with van der Waals surface area (Å²) in [6, 6.07) is 1.84. The van der Waals surface area contributed by atoms with Gasteiger partial charge in [-0.05, 0) is 33.3 Å². The van der Waals surface area contributed by atoms with E-state index < -0.39 is 11.9 Å². The second kappa shape index (κ2) is 7.42. The lowest BCUT2D eigenvalue weighted by atomic mass is 10.0. The molecule has 0 saturated heterocycles. The molecule has 0 aliphatic carbocycles. The minimum absolute atomic E-state index is 0.114. The number of hydrogen-bond acceptors (Lipinski definition) is 4. The van der Waals surface area contributed by atoms with Gasteiger partial charge in [0.05, 0.1) is 23.1 Å². The largest absolute Gasteiger partial charge is 0.481 e. The molecule has 1 atom stereocenters. The highest BCUT2D eigenvalue weighted by molar-refractivity contribution is 6.05. The van der Waals surface area contributed by atoms with E-state index in [1.54, 1.807) is 16.9 Å². The second-order valence-corrected chi connectivity index (χ2v) is 6.27. The first-order chi connectivity index (χ1) is 11.3. The van der Waals surface area contributed by atoms with Gasteiger partial charge in [0.25, 0.3) is 5.91 Å². The molecule has 1 unspecified atom stereocenters. The molecule has 0 aromatic carbocycles. The molecule has 0 radical (unpaired) electrons. The van der Waals surface area contributed by atoms with Crippen molar-refractivity contribution < 1.29 is 14.7 Å². The van der Waals surface area contributed by atoms with Crippen LogP contribution in [-0.2, 0) is 4.79 Å². The lowest BCUT2D eigenvalue weighted by Gasteiger charge is -2.13. The summed E-state index contributed by atoms with van der Waals surface area (Å²) in [6.07, 6.45) is 2.93. The highest BCUT2D eigenvalue weighted by atomic mass is 16.4. The van der Waals surface area contributed by atoms with Crippen LogP contribution >= 0.6 is 0 Å². The fourth-order valence-electron chi connectivity index (χ4n) is 2.68. The van der Waals surface area contributed by atoms with Gasteiger partial charge in [-0.25, -0.2) is 9.67 Å². The van der Waals surface area contributed by atoms with E-state index in [2.05, 4.69) is 15.4 Å². The predicted octanol–water partition coefficient (Wildman–Crippen LogP) is 2.55. The van der Waals surface area contributed by atoms with E-state index >= 15 is 0 Å². The number of aliphatic carboxylic acids is 1. The van der Waals surface area contributed by atoms with Gasteiger partial charge in [0.1, 0.15) is 0 Å². The lowest BCUT2D eigenvalue weighted by molar-refractivity contribution is -0.141. The predicted molar refractivity (Wildman–Crippen MR) is 91.0 cm³/mol. The number of hydrogen-bond donors (Lipinski definition) is 2. The van der Waals surface area contributed by atoms with Crippen molar-refractivity contribution in [2.45, 2.75) is 46.6 Å². The zero-order valence-corrected chi connectivity index (χ0v) is 14.5. The van der Waals surface area contributed by atoms with Gasteiger partial charge in [-0.1, -0.05) is 13.3 Å². The minimum Gasteiger partial charge on any atom is -0.481 e. The molecule has 24 heavy (non-hydrogen) atoms. The molecule has 1 amide bonds. The molecule has 2 aromatic heterocycles. The van der Waals surface area contributed by atoms with Crippen molar-refractivity contribution in [1.82, 2.24) is 20.1 Å². The first kappa shape index (κ1) is 17.9. The van der Waals surface area contributed by atoms with E-state index in [1.165, 1.54) is 0 Å². The summed E-state index contributed by atoms with van der Waals surface area (Å²) in [5.41, 5.74) is 1.86. The van der Waals surface area contributed by atoms with Crippen molar-refractivity contribution in [1.29, 1.82) is 0 Å². The molecule has 130 valence electrons. The second-order valence-electron chi connectivity index (χ2n) is 6.27. The van der Waals surface area contributed by atoms with Crippen molar-refractivity contribution in [2.24, 2.45) is 5.92 Å². The fraction of sp³-hybridized carbons (Fsp3) is 0.529. The highest BCUT2D eigenvalue weighted by Gasteiger charge is 2.20. The van der Waals surface area contributed by atoms with E-state index in [0.29, 0.717) is 23.0 Å². The third kappa shape index (κ3) is 3.72. The zero-order valence-electron chi connectivity index (χ0n) is 14.5. The highest BCUT2D eigenvalue weighted by Crippen LogP contribution is 2.21. The van der Waals surface area contributed by atoms with Crippen molar-refractivity contribution in [2.75, 3.05) is 6.54 Å². The van der Waals surface area contributed by atoms with Crippen LogP contribution in [0.15, 0.2) is 12.3 Å². The van der Waals surface area contributed by atoms with Gasteiger partial charge in [-0.3, -0.25) is 9.59 Å². The maximum Gasteiger partial charge on any atom is 0.308 e. The van der Waals surface area contributed by atoms with E-state index in [9.17, 15) is 14.7 Å². The first-order valence-corrected chi connectivity index (χ1v) is 8.21. The number of carbonyl (C=O) groups is 2. The summed E-state index contributed by atoms with van der Waals surface area (Å²) >= 11 is 0. The van der Waals surface area contributed by atoms with Crippen LogP contribution in [0.4, 0.5) is 0 Å². The Morgan fingerprint density at radius 2 is 2.08 bits per heavy atom. The Morgan fingerprint density at radius 1 is 1.38 bits per heavy atom. The third-order valence-corrected chi connectivity index (χ3v) is 3.92. The summed E-state index contributed by atoms with van der Waals surface area (Å²) < 4.78 is 1.77. The molecule has 2 rings (SSSR count). The molecule has 0 aliphatic rings. The Labute approximate surface area is 141 Å². The minimum atomic E-state index is -0.888. The maximum atomic E-state index is 12.6. The molecule has 7 heteroatoms. The van der Waals surface area contributed by atoms with Crippen molar-refractivity contribution in [3.8, 4) is 0 Å². The Bertz CT molecular complexity index is 752. The molecule has 2 aromatic rings. The Hall–Kier alpha value is -2.44. The summed E-state index contributed by atoms with van der Waals surface area (Å²) in [5, 5.41) is 16.9. The van der Waals surface area contributed by atoms with E-state index in [4.69, 9.17) is 0 Å². The molecule has 7 nitrogen and oxygen atoms in total. The van der Waals surface area contributed by atoms with Gasteiger partial charge < -0.3 is 10.4 Å².